The van der Waals surface area contributed by atoms with Crippen LogP contribution < -0.4 is 10.6 Å². The molecule has 0 saturated heterocycles. The molecule has 2 amide bonds. The quantitative estimate of drug-likeness (QED) is 0.743. The minimum Gasteiger partial charge on any atom is -0.481 e. The molecular formula is C13H16N2O4S. The molecule has 1 heterocycles. The van der Waals surface area contributed by atoms with Crippen LogP contribution in [-0.2, 0) is 9.59 Å². The lowest BCUT2D eigenvalue weighted by Crippen LogP contribution is -2.26. The van der Waals surface area contributed by atoms with Crippen LogP contribution in [0.1, 0.15) is 34.5 Å². The van der Waals surface area contributed by atoms with Gasteiger partial charge < -0.3 is 15.7 Å². The van der Waals surface area contributed by atoms with Gasteiger partial charge in [-0.15, -0.1) is 11.3 Å². The van der Waals surface area contributed by atoms with Gasteiger partial charge in [-0.2, -0.15) is 0 Å². The van der Waals surface area contributed by atoms with Crippen LogP contribution in [0.4, 0.5) is 5.00 Å². The molecule has 0 atom stereocenters. The number of rotatable bonds is 6. The normalized spacial score (nSPS) is 13.8. The van der Waals surface area contributed by atoms with Crippen LogP contribution >= 0.6 is 11.3 Å². The molecule has 3 N–H and O–H groups in total. The number of anilines is 1. The van der Waals surface area contributed by atoms with Crippen LogP contribution in [0.2, 0.25) is 0 Å². The van der Waals surface area contributed by atoms with Crippen molar-refractivity contribution in [2.24, 2.45) is 5.92 Å². The van der Waals surface area contributed by atoms with Crippen LogP contribution in [-0.4, -0.2) is 29.4 Å². The van der Waals surface area contributed by atoms with E-state index in [1.165, 1.54) is 11.3 Å². The predicted octanol–water partition coefficient (Wildman–Crippen LogP) is 1.61. The fourth-order valence-corrected chi connectivity index (χ4v) is 2.63. The number of hydrogen-bond donors (Lipinski definition) is 3. The number of amides is 2. The number of carbonyl (C=O) groups is 3. The number of carbonyl (C=O) groups excluding carboxylic acids is 2. The maximum atomic E-state index is 12.0. The molecule has 0 spiro atoms. The number of hydrogen-bond acceptors (Lipinski definition) is 4. The fraction of sp³-hybridized carbons (Fsp3) is 0.462. The standard InChI is InChI=1S/C13H16N2O4S/c1-7-6-9(12(19)14-5-4-10(16)17)13(20-7)15-11(18)8-2-3-8/h6,8H,2-5H2,1H3,(H,14,19)(H,15,18)(H,16,17). The molecule has 0 aliphatic heterocycles. The van der Waals surface area contributed by atoms with Crippen LogP contribution in [0.15, 0.2) is 6.07 Å². The molecule has 20 heavy (non-hydrogen) atoms. The van der Waals surface area contributed by atoms with Crippen LogP contribution in [0.5, 0.6) is 0 Å². The van der Waals surface area contributed by atoms with E-state index in [1.807, 2.05) is 6.92 Å². The Morgan fingerprint density at radius 2 is 2.10 bits per heavy atom. The Hall–Kier alpha value is -1.89. The first-order valence-corrected chi connectivity index (χ1v) is 7.20. The first-order valence-electron chi connectivity index (χ1n) is 6.38. The first-order chi connectivity index (χ1) is 9.47. The average molecular weight is 296 g/mol. The molecule has 0 unspecified atom stereocenters. The van der Waals surface area contributed by atoms with E-state index in [9.17, 15) is 14.4 Å². The summed E-state index contributed by atoms with van der Waals surface area (Å²) in [5, 5.41) is 14.4. The van der Waals surface area contributed by atoms with E-state index in [2.05, 4.69) is 10.6 Å². The van der Waals surface area contributed by atoms with Gasteiger partial charge in [0.1, 0.15) is 5.00 Å². The zero-order valence-corrected chi connectivity index (χ0v) is 11.9. The van der Waals surface area contributed by atoms with Gasteiger partial charge in [-0.1, -0.05) is 0 Å². The molecule has 0 radical (unpaired) electrons. The number of carboxylic acids is 1. The van der Waals surface area contributed by atoms with E-state index in [-0.39, 0.29) is 30.7 Å². The van der Waals surface area contributed by atoms with Gasteiger partial charge in [0, 0.05) is 17.3 Å². The Morgan fingerprint density at radius 3 is 2.70 bits per heavy atom. The summed E-state index contributed by atoms with van der Waals surface area (Å²) in [6.07, 6.45) is 1.67. The van der Waals surface area contributed by atoms with Crippen molar-refractivity contribution < 1.29 is 19.5 Å². The predicted molar refractivity (Wildman–Crippen MR) is 75.0 cm³/mol. The van der Waals surface area contributed by atoms with Gasteiger partial charge in [0.15, 0.2) is 0 Å². The van der Waals surface area contributed by atoms with Crippen LogP contribution in [0.25, 0.3) is 0 Å². The van der Waals surface area contributed by atoms with Crippen molar-refractivity contribution in [2.75, 3.05) is 11.9 Å². The zero-order valence-electron chi connectivity index (χ0n) is 11.1. The van der Waals surface area contributed by atoms with Crippen molar-refractivity contribution in [2.45, 2.75) is 26.2 Å². The summed E-state index contributed by atoms with van der Waals surface area (Å²) < 4.78 is 0. The van der Waals surface area contributed by atoms with Crippen molar-refractivity contribution in [3.8, 4) is 0 Å². The summed E-state index contributed by atoms with van der Waals surface area (Å²) in [5.74, 6) is -1.30. The second-order valence-corrected chi connectivity index (χ2v) is 6.02. The van der Waals surface area contributed by atoms with Gasteiger partial charge in [-0.3, -0.25) is 14.4 Å². The fourth-order valence-electron chi connectivity index (χ4n) is 1.71. The highest BCUT2D eigenvalue weighted by Crippen LogP contribution is 2.33. The first kappa shape index (κ1) is 14.5. The number of carboxylic acid groups (broad SMARTS) is 1. The van der Waals surface area contributed by atoms with Gasteiger partial charge in [0.25, 0.3) is 5.91 Å². The number of aliphatic carboxylic acids is 1. The zero-order chi connectivity index (χ0) is 14.7. The minimum atomic E-state index is -0.964. The molecule has 1 aromatic rings. The van der Waals surface area contributed by atoms with Crippen LogP contribution in [0, 0.1) is 12.8 Å². The largest absolute Gasteiger partial charge is 0.481 e. The topological polar surface area (TPSA) is 95.5 Å². The highest BCUT2D eigenvalue weighted by Gasteiger charge is 2.30. The lowest BCUT2D eigenvalue weighted by atomic mass is 10.2. The summed E-state index contributed by atoms with van der Waals surface area (Å²) >= 11 is 1.35. The molecule has 0 bridgehead atoms. The smallest absolute Gasteiger partial charge is 0.305 e. The van der Waals surface area contributed by atoms with Crippen molar-refractivity contribution in [1.29, 1.82) is 0 Å². The van der Waals surface area contributed by atoms with Gasteiger partial charge in [-0.25, -0.2) is 0 Å². The van der Waals surface area contributed by atoms with Gasteiger partial charge in [0.05, 0.1) is 12.0 Å². The van der Waals surface area contributed by atoms with Gasteiger partial charge in [-0.05, 0) is 25.8 Å². The lowest BCUT2D eigenvalue weighted by Gasteiger charge is -2.06. The Morgan fingerprint density at radius 1 is 1.40 bits per heavy atom. The second-order valence-electron chi connectivity index (χ2n) is 4.76. The molecule has 108 valence electrons. The summed E-state index contributed by atoms with van der Waals surface area (Å²) in [6.45, 7) is 1.92. The third-order valence-corrected chi connectivity index (χ3v) is 3.88. The number of thiophene rings is 1. The molecule has 0 aromatic carbocycles. The summed E-state index contributed by atoms with van der Waals surface area (Å²) in [7, 11) is 0. The van der Waals surface area contributed by atoms with Gasteiger partial charge in [0.2, 0.25) is 5.91 Å². The highest BCUT2D eigenvalue weighted by atomic mass is 32.1. The Kier molecular flexibility index (Phi) is 4.39. The third kappa shape index (κ3) is 3.80. The molecule has 1 aromatic heterocycles. The Labute approximate surface area is 120 Å². The summed E-state index contributed by atoms with van der Waals surface area (Å²) in [6, 6.07) is 1.70. The molecule has 1 saturated carbocycles. The third-order valence-electron chi connectivity index (χ3n) is 2.91. The second kappa shape index (κ2) is 6.04. The molecular weight excluding hydrogens is 280 g/mol. The minimum absolute atomic E-state index is 0.0496. The van der Waals surface area contributed by atoms with Crippen molar-refractivity contribution in [3.63, 3.8) is 0 Å². The average Bonchev–Trinajstić information content (AvgIpc) is 3.14. The number of nitrogens with one attached hydrogen (secondary N) is 2. The summed E-state index contributed by atoms with van der Waals surface area (Å²) in [5.41, 5.74) is 0.395. The molecule has 6 nitrogen and oxygen atoms in total. The summed E-state index contributed by atoms with van der Waals surface area (Å²) in [4.78, 5) is 35.1. The SMILES string of the molecule is Cc1cc(C(=O)NCCC(=O)O)c(NC(=O)C2CC2)s1. The lowest BCUT2D eigenvalue weighted by molar-refractivity contribution is -0.136. The van der Waals surface area contributed by atoms with E-state index in [1.54, 1.807) is 6.07 Å². The Balaban J connectivity index is 2.00. The maximum absolute atomic E-state index is 12.0. The van der Waals surface area contributed by atoms with Crippen molar-refractivity contribution >= 4 is 34.1 Å². The molecule has 2 rings (SSSR count). The van der Waals surface area contributed by atoms with Crippen LogP contribution in [0.3, 0.4) is 0 Å². The number of aryl methyl sites for hydroxylation is 1. The Bertz CT molecular complexity index is 549. The molecule has 1 aliphatic rings. The van der Waals surface area contributed by atoms with Crippen molar-refractivity contribution in [3.05, 3.63) is 16.5 Å². The van der Waals surface area contributed by atoms with Crippen molar-refractivity contribution in [1.82, 2.24) is 5.32 Å². The molecule has 1 fully saturated rings. The van der Waals surface area contributed by atoms with E-state index < -0.39 is 5.97 Å². The maximum Gasteiger partial charge on any atom is 0.305 e. The van der Waals surface area contributed by atoms with E-state index in [0.717, 1.165) is 17.7 Å². The van der Waals surface area contributed by atoms with E-state index in [4.69, 9.17) is 5.11 Å². The van der Waals surface area contributed by atoms with Gasteiger partial charge >= 0.3 is 5.97 Å². The highest BCUT2D eigenvalue weighted by molar-refractivity contribution is 7.16. The molecule has 1 aliphatic carbocycles. The van der Waals surface area contributed by atoms with E-state index in [0.29, 0.717) is 10.6 Å². The van der Waals surface area contributed by atoms with E-state index >= 15 is 0 Å². The molecule has 7 heteroatoms. The monoisotopic (exact) mass is 296 g/mol.